The number of hydrogen-bond donors (Lipinski definition) is 0. The maximum absolute atomic E-state index is 12.2. The number of nitrogens with zero attached hydrogens (tertiary/aromatic N) is 3. The molecule has 2 aromatic heterocycles. The Morgan fingerprint density at radius 3 is 2.70 bits per heavy atom. The molecule has 0 saturated carbocycles. The molecule has 0 saturated heterocycles. The highest BCUT2D eigenvalue weighted by molar-refractivity contribution is 5.94. The molecule has 2 heterocycles. The van der Waals surface area contributed by atoms with Crippen LogP contribution in [0.15, 0.2) is 42.9 Å². The molecule has 4 nitrogen and oxygen atoms in total. The summed E-state index contributed by atoms with van der Waals surface area (Å²) in [7, 11) is 1.83. The summed E-state index contributed by atoms with van der Waals surface area (Å²) in [4.78, 5) is 22.3. The van der Waals surface area contributed by atoms with Crippen molar-refractivity contribution in [1.82, 2.24) is 14.9 Å². The number of unbranched alkanes of at least 4 members (excludes halogenated alkanes) is 1. The van der Waals surface area contributed by atoms with E-state index in [1.54, 1.807) is 23.5 Å². The molecule has 0 unspecified atom stereocenters. The quantitative estimate of drug-likeness (QED) is 0.838. The zero-order valence-corrected chi connectivity index (χ0v) is 11.9. The molecule has 0 aliphatic rings. The average molecular weight is 269 g/mol. The SMILES string of the molecule is CCCCN(C)C(=O)c1ccc(-c2cccnc2)nc1. The van der Waals surface area contributed by atoms with Crippen LogP contribution in [-0.2, 0) is 0 Å². The maximum Gasteiger partial charge on any atom is 0.255 e. The fraction of sp³-hybridized carbons (Fsp3) is 0.312. The monoisotopic (exact) mass is 269 g/mol. The first kappa shape index (κ1) is 14.2. The van der Waals surface area contributed by atoms with Crippen LogP contribution in [0, 0.1) is 0 Å². The van der Waals surface area contributed by atoms with Gasteiger partial charge in [0, 0.05) is 37.7 Å². The van der Waals surface area contributed by atoms with Crippen LogP contribution in [-0.4, -0.2) is 34.4 Å². The van der Waals surface area contributed by atoms with Gasteiger partial charge in [-0.15, -0.1) is 0 Å². The number of amides is 1. The highest BCUT2D eigenvalue weighted by Crippen LogP contribution is 2.15. The molecule has 2 rings (SSSR count). The van der Waals surface area contributed by atoms with Crippen LogP contribution >= 0.6 is 0 Å². The highest BCUT2D eigenvalue weighted by Gasteiger charge is 2.11. The molecule has 0 fully saturated rings. The van der Waals surface area contributed by atoms with E-state index >= 15 is 0 Å². The summed E-state index contributed by atoms with van der Waals surface area (Å²) in [5.74, 6) is 0.0173. The Balaban J connectivity index is 2.10. The van der Waals surface area contributed by atoms with Gasteiger partial charge in [0.05, 0.1) is 11.3 Å². The second-order valence-corrected chi connectivity index (χ2v) is 4.75. The molecular formula is C16H19N3O. The lowest BCUT2D eigenvalue weighted by atomic mass is 10.1. The number of rotatable bonds is 5. The highest BCUT2D eigenvalue weighted by atomic mass is 16.2. The minimum absolute atomic E-state index is 0.0173. The van der Waals surface area contributed by atoms with E-state index in [0.29, 0.717) is 5.56 Å². The summed E-state index contributed by atoms with van der Waals surface area (Å²) in [6, 6.07) is 7.50. The molecular weight excluding hydrogens is 250 g/mol. The molecule has 0 radical (unpaired) electrons. The van der Waals surface area contributed by atoms with Gasteiger partial charge in [-0.25, -0.2) is 0 Å². The van der Waals surface area contributed by atoms with Gasteiger partial charge < -0.3 is 4.90 Å². The molecule has 0 bridgehead atoms. The third kappa shape index (κ3) is 3.41. The third-order valence-corrected chi connectivity index (χ3v) is 3.16. The summed E-state index contributed by atoms with van der Waals surface area (Å²) < 4.78 is 0. The Hall–Kier alpha value is -2.23. The summed E-state index contributed by atoms with van der Waals surface area (Å²) in [5.41, 5.74) is 2.40. The lowest BCUT2D eigenvalue weighted by molar-refractivity contribution is 0.0793. The second kappa shape index (κ2) is 6.80. The number of carbonyl (C=O) groups excluding carboxylic acids is 1. The minimum Gasteiger partial charge on any atom is -0.342 e. The van der Waals surface area contributed by atoms with Crippen LogP contribution in [0.2, 0.25) is 0 Å². The Kier molecular flexibility index (Phi) is 4.82. The number of hydrogen-bond acceptors (Lipinski definition) is 3. The van der Waals surface area contributed by atoms with Crippen molar-refractivity contribution in [2.24, 2.45) is 0 Å². The average Bonchev–Trinajstić information content (AvgIpc) is 2.53. The van der Waals surface area contributed by atoms with E-state index < -0.39 is 0 Å². The van der Waals surface area contributed by atoms with Gasteiger partial charge >= 0.3 is 0 Å². The molecule has 2 aromatic rings. The van der Waals surface area contributed by atoms with Crippen molar-refractivity contribution >= 4 is 5.91 Å². The van der Waals surface area contributed by atoms with Gasteiger partial charge in [-0.3, -0.25) is 14.8 Å². The third-order valence-electron chi connectivity index (χ3n) is 3.16. The smallest absolute Gasteiger partial charge is 0.255 e. The van der Waals surface area contributed by atoms with Crippen molar-refractivity contribution in [2.75, 3.05) is 13.6 Å². The molecule has 104 valence electrons. The van der Waals surface area contributed by atoms with Crippen molar-refractivity contribution in [3.05, 3.63) is 48.4 Å². The minimum atomic E-state index is 0.0173. The van der Waals surface area contributed by atoms with Crippen LogP contribution in [0.1, 0.15) is 30.1 Å². The molecule has 20 heavy (non-hydrogen) atoms. The largest absolute Gasteiger partial charge is 0.342 e. The number of carbonyl (C=O) groups is 1. The second-order valence-electron chi connectivity index (χ2n) is 4.75. The van der Waals surface area contributed by atoms with E-state index in [1.807, 2.05) is 31.3 Å². The van der Waals surface area contributed by atoms with Gasteiger partial charge in [0.1, 0.15) is 0 Å². The van der Waals surface area contributed by atoms with Crippen LogP contribution in [0.5, 0.6) is 0 Å². The Labute approximate surface area is 119 Å². The van der Waals surface area contributed by atoms with Crippen molar-refractivity contribution in [1.29, 1.82) is 0 Å². The summed E-state index contributed by atoms with van der Waals surface area (Å²) in [6.45, 7) is 2.89. The van der Waals surface area contributed by atoms with Crippen molar-refractivity contribution < 1.29 is 4.79 Å². The van der Waals surface area contributed by atoms with E-state index in [9.17, 15) is 4.79 Å². The van der Waals surface area contributed by atoms with Gasteiger partial charge in [0.15, 0.2) is 0 Å². The molecule has 1 amide bonds. The van der Waals surface area contributed by atoms with Gasteiger partial charge in [-0.05, 0) is 30.7 Å². The van der Waals surface area contributed by atoms with E-state index in [4.69, 9.17) is 0 Å². The van der Waals surface area contributed by atoms with Crippen LogP contribution in [0.25, 0.3) is 11.3 Å². The van der Waals surface area contributed by atoms with Crippen molar-refractivity contribution in [3.8, 4) is 11.3 Å². The predicted octanol–water partition coefficient (Wildman–Crippen LogP) is 3.02. The first-order chi connectivity index (χ1) is 9.72. The first-order valence-corrected chi connectivity index (χ1v) is 6.84. The zero-order valence-electron chi connectivity index (χ0n) is 11.9. The Morgan fingerprint density at radius 2 is 2.10 bits per heavy atom. The maximum atomic E-state index is 12.2. The fourth-order valence-electron chi connectivity index (χ4n) is 1.92. The van der Waals surface area contributed by atoms with Crippen LogP contribution < -0.4 is 0 Å². The number of pyridine rings is 2. The zero-order chi connectivity index (χ0) is 14.4. The topological polar surface area (TPSA) is 46.1 Å². The molecule has 0 aromatic carbocycles. The molecule has 0 aliphatic heterocycles. The fourth-order valence-corrected chi connectivity index (χ4v) is 1.92. The standard InChI is InChI=1S/C16H19N3O/c1-3-4-10-19(2)16(20)14-7-8-15(18-12-14)13-6-5-9-17-11-13/h5-9,11-12H,3-4,10H2,1-2H3. The lowest BCUT2D eigenvalue weighted by Gasteiger charge is -2.16. The molecule has 0 aliphatic carbocycles. The lowest BCUT2D eigenvalue weighted by Crippen LogP contribution is -2.27. The van der Waals surface area contributed by atoms with Crippen LogP contribution in [0.3, 0.4) is 0 Å². The van der Waals surface area contributed by atoms with Gasteiger partial charge in [-0.1, -0.05) is 13.3 Å². The van der Waals surface area contributed by atoms with E-state index in [1.165, 1.54) is 0 Å². The Bertz CT molecular complexity index is 552. The molecule has 0 N–H and O–H groups in total. The van der Waals surface area contributed by atoms with Gasteiger partial charge in [0.2, 0.25) is 0 Å². The molecule has 0 spiro atoms. The Morgan fingerprint density at radius 1 is 1.25 bits per heavy atom. The van der Waals surface area contributed by atoms with Crippen LogP contribution in [0.4, 0.5) is 0 Å². The van der Waals surface area contributed by atoms with E-state index in [2.05, 4.69) is 16.9 Å². The summed E-state index contributed by atoms with van der Waals surface area (Å²) in [5, 5.41) is 0. The predicted molar refractivity (Wildman–Crippen MR) is 79.3 cm³/mol. The van der Waals surface area contributed by atoms with Gasteiger partial charge in [0.25, 0.3) is 5.91 Å². The van der Waals surface area contributed by atoms with Crippen molar-refractivity contribution in [2.45, 2.75) is 19.8 Å². The first-order valence-electron chi connectivity index (χ1n) is 6.84. The number of aromatic nitrogens is 2. The molecule has 4 heteroatoms. The molecule has 0 atom stereocenters. The van der Waals surface area contributed by atoms with E-state index in [0.717, 1.165) is 30.6 Å². The summed E-state index contributed by atoms with van der Waals surface area (Å²) >= 11 is 0. The van der Waals surface area contributed by atoms with Crippen molar-refractivity contribution in [3.63, 3.8) is 0 Å². The summed E-state index contributed by atoms with van der Waals surface area (Å²) in [6.07, 6.45) is 7.22. The normalized spacial score (nSPS) is 10.3. The van der Waals surface area contributed by atoms with E-state index in [-0.39, 0.29) is 5.91 Å². The van der Waals surface area contributed by atoms with Gasteiger partial charge in [-0.2, -0.15) is 0 Å².